The van der Waals surface area contributed by atoms with E-state index in [0.717, 1.165) is 25.0 Å². The predicted octanol–water partition coefficient (Wildman–Crippen LogP) is 0.0977. The van der Waals surface area contributed by atoms with Crippen LogP contribution in [0.3, 0.4) is 0 Å². The quantitative estimate of drug-likeness (QED) is 0.710. The molecule has 0 aromatic rings. The molecule has 16 heavy (non-hydrogen) atoms. The highest BCUT2D eigenvalue weighted by molar-refractivity contribution is 7.81. The first-order chi connectivity index (χ1) is 7.44. The van der Waals surface area contributed by atoms with E-state index in [1.165, 1.54) is 0 Å². The van der Waals surface area contributed by atoms with E-state index in [1.54, 1.807) is 4.90 Å². The molecule has 7 nitrogen and oxygen atoms in total. The molecule has 0 saturated carbocycles. The number of amides is 2. The summed E-state index contributed by atoms with van der Waals surface area (Å²) in [6.45, 7) is 2.45. The van der Waals surface area contributed by atoms with Gasteiger partial charge in [0.2, 0.25) is 0 Å². The van der Waals surface area contributed by atoms with Crippen LogP contribution in [0.5, 0.6) is 0 Å². The lowest BCUT2D eigenvalue weighted by Crippen LogP contribution is -2.37. The SMILES string of the molecule is COS(=O)(=O)ON1C(=O)N2C[C@H]1CC[C@H]2C. The van der Waals surface area contributed by atoms with Gasteiger partial charge in [-0.15, -0.1) is 4.28 Å². The van der Waals surface area contributed by atoms with E-state index in [1.807, 2.05) is 6.92 Å². The average Bonchev–Trinajstić information content (AvgIpc) is 2.49. The molecule has 0 unspecified atom stereocenters. The number of carbonyl (C=O) groups excluding carboxylic acids is 1. The molecular weight excluding hydrogens is 236 g/mol. The maximum atomic E-state index is 11.8. The number of hydrogen-bond donors (Lipinski definition) is 0. The summed E-state index contributed by atoms with van der Waals surface area (Å²) in [5, 5.41) is 0.905. The first kappa shape index (κ1) is 11.6. The van der Waals surface area contributed by atoms with Crippen LogP contribution < -0.4 is 0 Å². The van der Waals surface area contributed by atoms with Crippen molar-refractivity contribution >= 4 is 16.4 Å². The number of hydroxylamine groups is 2. The van der Waals surface area contributed by atoms with Gasteiger partial charge < -0.3 is 4.90 Å². The fourth-order valence-corrected chi connectivity index (χ4v) is 2.49. The largest absolute Gasteiger partial charge is 0.420 e. The van der Waals surface area contributed by atoms with E-state index >= 15 is 0 Å². The lowest BCUT2D eigenvalue weighted by molar-refractivity contribution is -0.0341. The number of nitrogens with zero attached hydrogens (tertiary/aromatic N) is 2. The highest BCUT2D eigenvalue weighted by Crippen LogP contribution is 2.30. The summed E-state index contributed by atoms with van der Waals surface area (Å²) in [5.74, 6) is 0. The molecule has 2 aliphatic heterocycles. The minimum absolute atomic E-state index is 0.127. The molecule has 0 aromatic carbocycles. The van der Waals surface area contributed by atoms with Gasteiger partial charge in [0.25, 0.3) is 0 Å². The summed E-state index contributed by atoms with van der Waals surface area (Å²) in [5.41, 5.74) is 0. The van der Waals surface area contributed by atoms with Crippen LogP contribution in [0.15, 0.2) is 0 Å². The predicted molar refractivity (Wildman–Crippen MR) is 53.4 cm³/mol. The van der Waals surface area contributed by atoms with Crippen LogP contribution in [0.1, 0.15) is 19.8 Å². The fourth-order valence-electron chi connectivity index (χ4n) is 2.05. The maximum absolute atomic E-state index is 11.8. The summed E-state index contributed by atoms with van der Waals surface area (Å²) in [6.07, 6.45) is 1.59. The van der Waals surface area contributed by atoms with Gasteiger partial charge >= 0.3 is 16.4 Å². The van der Waals surface area contributed by atoms with Crippen molar-refractivity contribution in [1.29, 1.82) is 0 Å². The van der Waals surface area contributed by atoms with E-state index in [2.05, 4.69) is 8.47 Å². The Morgan fingerprint density at radius 3 is 2.62 bits per heavy atom. The third-order valence-corrected chi connectivity index (χ3v) is 3.75. The molecule has 2 rings (SSSR count). The highest BCUT2D eigenvalue weighted by Gasteiger charge is 2.46. The van der Waals surface area contributed by atoms with Crippen LogP contribution in [0, 0.1) is 0 Å². The molecule has 2 aliphatic rings. The van der Waals surface area contributed by atoms with Crippen molar-refractivity contribution in [3.63, 3.8) is 0 Å². The van der Waals surface area contributed by atoms with Crippen LogP contribution in [0.25, 0.3) is 0 Å². The molecular formula is C8H14N2O5S. The third-order valence-electron chi connectivity index (χ3n) is 3.00. The number of urea groups is 1. The number of hydrogen-bond acceptors (Lipinski definition) is 5. The number of rotatable bonds is 3. The molecule has 0 aromatic heterocycles. The smallest absolute Gasteiger partial charge is 0.318 e. The summed E-state index contributed by atoms with van der Waals surface area (Å²) in [7, 11) is -3.12. The standard InChI is InChI=1S/C8H14N2O5S/c1-6-3-4-7-5-9(6)8(11)10(7)15-16(12,13)14-2/h6-7H,3-5H2,1-2H3/t6-,7-/m1/s1. The second-order valence-electron chi connectivity index (χ2n) is 3.99. The van der Waals surface area contributed by atoms with Crippen LogP contribution in [-0.4, -0.2) is 50.2 Å². The molecule has 2 bridgehead atoms. The molecule has 92 valence electrons. The number of carbonyl (C=O) groups is 1. The van der Waals surface area contributed by atoms with Crippen LogP contribution >= 0.6 is 0 Å². The van der Waals surface area contributed by atoms with Crippen molar-refractivity contribution in [1.82, 2.24) is 9.96 Å². The molecule has 0 spiro atoms. The van der Waals surface area contributed by atoms with Crippen molar-refractivity contribution in [2.24, 2.45) is 0 Å². The van der Waals surface area contributed by atoms with E-state index in [-0.39, 0.29) is 12.1 Å². The van der Waals surface area contributed by atoms with Gasteiger partial charge in [-0.2, -0.15) is 13.5 Å². The summed E-state index contributed by atoms with van der Waals surface area (Å²) < 4.78 is 31.0. The topological polar surface area (TPSA) is 76.2 Å². The van der Waals surface area contributed by atoms with Gasteiger partial charge in [-0.05, 0) is 19.8 Å². The minimum Gasteiger partial charge on any atom is -0.318 e. The van der Waals surface area contributed by atoms with Gasteiger partial charge in [0.1, 0.15) is 0 Å². The first-order valence-corrected chi connectivity index (χ1v) is 6.38. The zero-order chi connectivity index (χ0) is 11.9. The summed E-state index contributed by atoms with van der Waals surface area (Å²) >= 11 is 0. The third kappa shape index (κ3) is 1.87. The first-order valence-electron chi connectivity index (χ1n) is 5.04. The van der Waals surface area contributed by atoms with Gasteiger partial charge in [-0.25, -0.2) is 4.79 Å². The van der Waals surface area contributed by atoms with E-state index in [0.29, 0.717) is 6.54 Å². The van der Waals surface area contributed by atoms with Gasteiger partial charge in [0.15, 0.2) is 0 Å². The van der Waals surface area contributed by atoms with Gasteiger partial charge in [0, 0.05) is 12.6 Å². The monoisotopic (exact) mass is 250 g/mol. The molecule has 0 aliphatic carbocycles. The lowest BCUT2D eigenvalue weighted by atomic mass is 10.0. The van der Waals surface area contributed by atoms with Gasteiger partial charge in [-0.3, -0.25) is 4.18 Å². The van der Waals surface area contributed by atoms with Crippen molar-refractivity contribution in [2.75, 3.05) is 13.7 Å². The Labute approximate surface area is 94.2 Å². The Kier molecular flexibility index (Phi) is 2.81. The van der Waals surface area contributed by atoms with Crippen molar-refractivity contribution < 1.29 is 21.7 Å². The van der Waals surface area contributed by atoms with E-state index in [9.17, 15) is 13.2 Å². The average molecular weight is 250 g/mol. The fraction of sp³-hybridized carbons (Fsp3) is 0.875. The normalized spacial score (nSPS) is 30.0. The molecule has 0 radical (unpaired) electrons. The van der Waals surface area contributed by atoms with Crippen molar-refractivity contribution in [3.05, 3.63) is 0 Å². The van der Waals surface area contributed by atoms with Crippen molar-refractivity contribution in [2.45, 2.75) is 31.8 Å². The van der Waals surface area contributed by atoms with Crippen LogP contribution in [0.2, 0.25) is 0 Å². The zero-order valence-corrected chi connectivity index (χ0v) is 9.94. The van der Waals surface area contributed by atoms with Gasteiger partial charge in [-0.1, -0.05) is 0 Å². The zero-order valence-electron chi connectivity index (χ0n) is 9.12. The summed E-state index contributed by atoms with van der Waals surface area (Å²) in [6, 6.07) is -0.480. The number of fused-ring (bicyclic) bond motifs is 2. The second-order valence-corrected chi connectivity index (χ2v) is 5.29. The Morgan fingerprint density at radius 1 is 1.38 bits per heavy atom. The molecule has 2 fully saturated rings. The molecule has 2 heterocycles. The molecule has 2 amide bonds. The van der Waals surface area contributed by atoms with E-state index in [4.69, 9.17) is 0 Å². The Hall–Kier alpha value is -0.860. The van der Waals surface area contributed by atoms with Crippen LogP contribution in [-0.2, 0) is 18.9 Å². The van der Waals surface area contributed by atoms with Crippen LogP contribution in [0.4, 0.5) is 4.79 Å². The summed E-state index contributed by atoms with van der Waals surface area (Å²) in [4.78, 5) is 13.4. The van der Waals surface area contributed by atoms with E-state index < -0.39 is 16.4 Å². The molecule has 2 atom stereocenters. The second kappa shape index (κ2) is 3.86. The molecule has 8 heteroatoms. The Balaban J connectivity index is 2.15. The van der Waals surface area contributed by atoms with Crippen molar-refractivity contribution in [3.8, 4) is 0 Å². The van der Waals surface area contributed by atoms with Gasteiger partial charge in [0.05, 0.1) is 13.2 Å². The Morgan fingerprint density at radius 2 is 2.06 bits per heavy atom. The highest BCUT2D eigenvalue weighted by atomic mass is 32.3. The maximum Gasteiger partial charge on any atom is 0.420 e. The minimum atomic E-state index is -4.11. The molecule has 0 N–H and O–H groups in total. The lowest BCUT2D eigenvalue weighted by Gasteiger charge is -2.26. The Bertz CT molecular complexity index is 395. The number of piperidine rings is 1. The molecule has 2 saturated heterocycles.